The molecule has 0 aliphatic heterocycles. The zero-order chi connectivity index (χ0) is 5.91. The van der Waals surface area contributed by atoms with Crippen LogP contribution in [-0.4, -0.2) is 38.5 Å². The van der Waals surface area contributed by atoms with Gasteiger partial charge in [0.1, 0.15) is 6.54 Å². The molecule has 0 aromatic carbocycles. The van der Waals surface area contributed by atoms with Gasteiger partial charge >= 0.3 is 0 Å². The van der Waals surface area contributed by atoms with Gasteiger partial charge in [-0.2, -0.15) is 0 Å². The van der Waals surface area contributed by atoms with Crippen LogP contribution in [0.5, 0.6) is 0 Å². The van der Waals surface area contributed by atoms with Gasteiger partial charge < -0.3 is 28.5 Å². The van der Waals surface area contributed by atoms with E-state index in [1.807, 2.05) is 21.1 Å². The molecule has 0 rings (SSSR count). The van der Waals surface area contributed by atoms with Crippen LogP contribution in [-0.2, 0) is 4.79 Å². The van der Waals surface area contributed by atoms with Gasteiger partial charge in [0.05, 0.1) is 21.1 Å². The Hall–Kier alpha value is 0.360. The van der Waals surface area contributed by atoms with Crippen molar-refractivity contribution in [2.75, 3.05) is 27.7 Å². The summed E-state index contributed by atoms with van der Waals surface area (Å²) >= 11 is 0. The maximum Gasteiger partial charge on any atom is 0.174 e. The summed E-state index contributed by atoms with van der Waals surface area (Å²) in [7, 11) is 5.94. The third-order valence-corrected chi connectivity index (χ3v) is 0.622. The first-order valence-electron chi connectivity index (χ1n) is 2.30. The van der Waals surface area contributed by atoms with Crippen LogP contribution in [0.25, 0.3) is 0 Å². The Balaban J connectivity index is 0. The number of carbonyl (C=O) groups excluding carboxylic acids is 1. The first-order valence-corrected chi connectivity index (χ1v) is 2.30. The van der Waals surface area contributed by atoms with E-state index in [2.05, 4.69) is 0 Å². The molecule has 0 fully saturated rings. The van der Waals surface area contributed by atoms with Crippen LogP contribution < -0.4 is 24.0 Å². The average molecular weight is 229 g/mol. The Bertz CT molecular complexity index is 67.3. The Labute approximate surface area is 67.5 Å². The second-order valence-electron chi connectivity index (χ2n) is 2.64. The minimum Gasteiger partial charge on any atom is -1.00 e. The summed E-state index contributed by atoms with van der Waals surface area (Å²) in [6.07, 6.45) is 0.931. The van der Waals surface area contributed by atoms with Gasteiger partial charge in [-0.15, -0.1) is 0 Å². The van der Waals surface area contributed by atoms with Gasteiger partial charge in [-0.05, 0) is 0 Å². The standard InChI is InChI=1S/C5H12NO.HI/c1-6(2,3)4-5-7;/h5H,4H2,1-3H3;1H/q+1;/p-1. The largest absolute Gasteiger partial charge is 1.00 e. The summed E-state index contributed by atoms with van der Waals surface area (Å²) < 4.78 is 0.726. The van der Waals surface area contributed by atoms with Crippen LogP contribution in [0.4, 0.5) is 0 Å². The molecule has 0 unspecified atom stereocenters. The molecule has 0 bridgehead atoms. The SMILES string of the molecule is C[N+](C)(C)CC=O.[I-]. The number of halogens is 1. The molecule has 0 aromatic heterocycles. The molecule has 0 saturated carbocycles. The van der Waals surface area contributed by atoms with Crippen molar-refractivity contribution in [3.63, 3.8) is 0 Å². The molecule has 0 saturated heterocycles. The lowest BCUT2D eigenvalue weighted by Crippen LogP contribution is -3.00. The van der Waals surface area contributed by atoms with E-state index in [0.717, 1.165) is 10.8 Å². The number of carbonyl (C=O) groups is 1. The van der Waals surface area contributed by atoms with E-state index < -0.39 is 0 Å². The summed E-state index contributed by atoms with van der Waals surface area (Å²) in [5.74, 6) is 0. The minimum absolute atomic E-state index is 0. The van der Waals surface area contributed by atoms with Gasteiger partial charge in [-0.25, -0.2) is 0 Å². The van der Waals surface area contributed by atoms with Crippen molar-refractivity contribution in [3.8, 4) is 0 Å². The molecule has 0 radical (unpaired) electrons. The predicted octanol–water partition coefficient (Wildman–Crippen LogP) is -3.10. The van der Waals surface area contributed by atoms with Crippen LogP contribution in [0.2, 0.25) is 0 Å². The highest BCUT2D eigenvalue weighted by Crippen LogP contribution is 1.82. The summed E-state index contributed by atoms with van der Waals surface area (Å²) in [6.45, 7) is 0.597. The quantitative estimate of drug-likeness (QED) is 0.278. The number of nitrogens with zero attached hydrogens (tertiary/aromatic N) is 1. The van der Waals surface area contributed by atoms with Gasteiger partial charge in [0.25, 0.3) is 0 Å². The van der Waals surface area contributed by atoms with Crippen LogP contribution in [0.15, 0.2) is 0 Å². The first kappa shape index (κ1) is 11.2. The number of likely N-dealkylation sites (N-methyl/N-ethyl adjacent to an activating group) is 1. The lowest BCUT2D eigenvalue weighted by atomic mass is 10.6. The molecule has 0 aliphatic carbocycles. The van der Waals surface area contributed by atoms with E-state index in [9.17, 15) is 4.79 Å². The normalized spacial score (nSPS) is 9.88. The van der Waals surface area contributed by atoms with E-state index in [0.29, 0.717) is 6.54 Å². The fourth-order valence-corrected chi connectivity index (χ4v) is 0.224. The topological polar surface area (TPSA) is 17.1 Å². The molecule has 0 aliphatic rings. The maximum absolute atomic E-state index is 9.80. The van der Waals surface area contributed by atoms with Gasteiger partial charge in [-0.1, -0.05) is 0 Å². The zero-order valence-electron chi connectivity index (χ0n) is 5.52. The lowest BCUT2D eigenvalue weighted by Gasteiger charge is -2.19. The first-order chi connectivity index (χ1) is 3.06. The molecule has 0 atom stereocenters. The van der Waals surface area contributed by atoms with E-state index in [1.165, 1.54) is 0 Å². The maximum atomic E-state index is 9.80. The van der Waals surface area contributed by atoms with Crippen molar-refractivity contribution in [1.82, 2.24) is 0 Å². The molecule has 3 heteroatoms. The van der Waals surface area contributed by atoms with Crippen molar-refractivity contribution >= 4 is 6.29 Å². The highest BCUT2D eigenvalue weighted by atomic mass is 127. The van der Waals surface area contributed by atoms with Crippen LogP contribution in [0.1, 0.15) is 0 Å². The third kappa shape index (κ3) is 9.61. The molecular weight excluding hydrogens is 217 g/mol. The molecule has 0 heterocycles. The van der Waals surface area contributed by atoms with Gasteiger partial charge in [0.15, 0.2) is 6.29 Å². The van der Waals surface area contributed by atoms with Crippen LogP contribution in [0.3, 0.4) is 0 Å². The molecule has 0 N–H and O–H groups in total. The molecule has 8 heavy (non-hydrogen) atoms. The van der Waals surface area contributed by atoms with Crippen LogP contribution in [0, 0.1) is 0 Å². The molecule has 0 aromatic rings. The predicted molar refractivity (Wildman–Crippen MR) is 29.0 cm³/mol. The Kier molecular flexibility index (Phi) is 5.96. The average Bonchev–Trinajstić information content (AvgIpc) is 1.30. The smallest absolute Gasteiger partial charge is 0.174 e. The van der Waals surface area contributed by atoms with E-state index in [1.54, 1.807) is 0 Å². The van der Waals surface area contributed by atoms with Gasteiger partial charge in [0, 0.05) is 0 Å². The Morgan fingerprint density at radius 1 is 1.38 bits per heavy atom. The zero-order valence-corrected chi connectivity index (χ0v) is 7.68. The molecule has 50 valence electrons. The van der Waals surface area contributed by atoms with E-state index >= 15 is 0 Å². The highest BCUT2D eigenvalue weighted by molar-refractivity contribution is 5.50. The summed E-state index contributed by atoms with van der Waals surface area (Å²) in [5.41, 5.74) is 0. The Morgan fingerprint density at radius 2 is 1.75 bits per heavy atom. The van der Waals surface area contributed by atoms with E-state index in [-0.39, 0.29) is 24.0 Å². The molecule has 0 amide bonds. The van der Waals surface area contributed by atoms with Gasteiger partial charge in [-0.3, -0.25) is 4.79 Å². The summed E-state index contributed by atoms with van der Waals surface area (Å²) in [6, 6.07) is 0. The number of hydrogen-bond donors (Lipinski definition) is 0. The summed E-state index contributed by atoms with van der Waals surface area (Å²) in [4.78, 5) is 9.80. The number of hydrogen-bond acceptors (Lipinski definition) is 1. The fourth-order valence-electron chi connectivity index (χ4n) is 0.224. The van der Waals surface area contributed by atoms with Crippen molar-refractivity contribution in [1.29, 1.82) is 0 Å². The second-order valence-corrected chi connectivity index (χ2v) is 2.64. The molecule has 0 spiro atoms. The molecule has 2 nitrogen and oxygen atoms in total. The number of rotatable bonds is 2. The van der Waals surface area contributed by atoms with Crippen molar-refractivity contribution in [2.24, 2.45) is 0 Å². The Morgan fingerprint density at radius 3 is 1.75 bits per heavy atom. The van der Waals surface area contributed by atoms with Crippen LogP contribution >= 0.6 is 0 Å². The highest BCUT2D eigenvalue weighted by Gasteiger charge is 2.01. The number of quaternary nitrogens is 1. The fraction of sp³-hybridized carbons (Fsp3) is 0.800. The van der Waals surface area contributed by atoms with Crippen molar-refractivity contribution < 1.29 is 33.3 Å². The minimum atomic E-state index is 0. The van der Waals surface area contributed by atoms with Crippen molar-refractivity contribution in [2.45, 2.75) is 0 Å². The second kappa shape index (κ2) is 4.26. The van der Waals surface area contributed by atoms with E-state index in [4.69, 9.17) is 0 Å². The third-order valence-electron chi connectivity index (χ3n) is 0.622. The monoisotopic (exact) mass is 229 g/mol. The number of aldehydes is 1. The van der Waals surface area contributed by atoms with Crippen molar-refractivity contribution in [3.05, 3.63) is 0 Å². The van der Waals surface area contributed by atoms with Gasteiger partial charge in [0.2, 0.25) is 0 Å². The summed E-state index contributed by atoms with van der Waals surface area (Å²) in [5, 5.41) is 0. The lowest BCUT2D eigenvalue weighted by molar-refractivity contribution is -0.861. The molecular formula is C5H12INO.